The van der Waals surface area contributed by atoms with Crippen molar-refractivity contribution in [1.29, 1.82) is 0 Å². The molecule has 0 aliphatic carbocycles. The Balaban J connectivity index is 2.66. The first-order valence-electron chi connectivity index (χ1n) is 5.19. The molecule has 0 fully saturated rings. The Hall–Kier alpha value is -0.810. The molecule has 4 nitrogen and oxygen atoms in total. The molecule has 0 amide bonds. The van der Waals surface area contributed by atoms with Gasteiger partial charge in [-0.3, -0.25) is 4.79 Å². The highest BCUT2D eigenvalue weighted by molar-refractivity contribution is 7.99. The van der Waals surface area contributed by atoms with Crippen LogP contribution in [-0.4, -0.2) is 22.3 Å². The van der Waals surface area contributed by atoms with Gasteiger partial charge in [-0.2, -0.15) is 0 Å². The number of nitrogens with zero attached hydrogens (tertiary/aromatic N) is 1. The number of nitrogens with one attached hydrogen (secondary N) is 1. The highest BCUT2D eigenvalue weighted by atomic mass is 32.2. The maximum absolute atomic E-state index is 11.3. The number of hydrogen-bond donors (Lipinski definition) is 2. The molecule has 1 aromatic rings. The molecule has 0 aliphatic rings. The fourth-order valence-corrected chi connectivity index (χ4v) is 2.05. The molecule has 1 aromatic heterocycles. The van der Waals surface area contributed by atoms with Gasteiger partial charge in [0.15, 0.2) is 5.16 Å². The molecule has 0 bridgehead atoms. The van der Waals surface area contributed by atoms with Crippen LogP contribution in [-0.2, 0) is 6.42 Å². The first kappa shape index (κ1) is 12.3. The van der Waals surface area contributed by atoms with Crippen LogP contribution in [0.25, 0.3) is 0 Å². The van der Waals surface area contributed by atoms with E-state index in [-0.39, 0.29) is 5.56 Å². The molecule has 0 saturated heterocycles. The van der Waals surface area contributed by atoms with Crippen LogP contribution in [0, 0.1) is 0 Å². The van der Waals surface area contributed by atoms with Crippen LogP contribution in [0.3, 0.4) is 0 Å². The first-order valence-corrected chi connectivity index (χ1v) is 6.18. The second-order valence-corrected chi connectivity index (χ2v) is 4.37. The molecule has 1 rings (SSSR count). The normalized spacial score (nSPS) is 10.5. The largest absolute Gasteiger partial charge is 0.330 e. The van der Waals surface area contributed by atoms with Crippen LogP contribution < -0.4 is 11.3 Å². The fourth-order valence-electron chi connectivity index (χ4n) is 1.19. The van der Waals surface area contributed by atoms with Crippen molar-refractivity contribution in [3.63, 3.8) is 0 Å². The van der Waals surface area contributed by atoms with E-state index in [4.69, 9.17) is 5.73 Å². The second-order valence-electron chi connectivity index (χ2n) is 3.28. The molecule has 0 unspecified atom stereocenters. The van der Waals surface area contributed by atoms with Gasteiger partial charge in [-0.1, -0.05) is 25.1 Å². The molecule has 1 heterocycles. The second kappa shape index (κ2) is 6.63. The molecule has 3 N–H and O–H groups in total. The van der Waals surface area contributed by atoms with Crippen LogP contribution in [0.4, 0.5) is 0 Å². The summed E-state index contributed by atoms with van der Waals surface area (Å²) in [5.74, 6) is 0.898. The van der Waals surface area contributed by atoms with Crippen molar-refractivity contribution in [3.8, 4) is 0 Å². The summed E-state index contributed by atoms with van der Waals surface area (Å²) in [4.78, 5) is 18.4. The van der Waals surface area contributed by atoms with E-state index in [0.717, 1.165) is 30.7 Å². The molecule has 0 radical (unpaired) electrons. The molecule has 0 aromatic carbocycles. The number of hydrogen-bond acceptors (Lipinski definition) is 4. The van der Waals surface area contributed by atoms with Gasteiger partial charge in [-0.15, -0.1) is 0 Å². The Morgan fingerprint density at radius 2 is 2.40 bits per heavy atom. The molecule has 84 valence electrons. The van der Waals surface area contributed by atoms with Gasteiger partial charge in [0.1, 0.15) is 0 Å². The van der Waals surface area contributed by atoms with Crippen molar-refractivity contribution >= 4 is 11.8 Å². The highest BCUT2D eigenvalue weighted by Crippen LogP contribution is 2.12. The Morgan fingerprint density at radius 1 is 1.60 bits per heavy atom. The standard InChI is InChI=1S/C10H17N3OS/c1-2-4-8-7-9(14)13-10(12-8)15-6-3-5-11/h7H,2-6,11H2,1H3,(H,12,13,14). The quantitative estimate of drug-likeness (QED) is 0.434. The number of thioether (sulfide) groups is 1. The third-order valence-electron chi connectivity index (χ3n) is 1.87. The molecule has 15 heavy (non-hydrogen) atoms. The number of aryl methyl sites for hydroxylation is 1. The van der Waals surface area contributed by atoms with E-state index < -0.39 is 0 Å². The van der Waals surface area contributed by atoms with E-state index in [9.17, 15) is 4.79 Å². The summed E-state index contributed by atoms with van der Waals surface area (Å²) < 4.78 is 0. The molecule has 0 saturated carbocycles. The summed E-state index contributed by atoms with van der Waals surface area (Å²) in [6, 6.07) is 1.57. The minimum atomic E-state index is -0.0660. The lowest BCUT2D eigenvalue weighted by molar-refractivity contribution is 0.814. The number of aromatic amines is 1. The van der Waals surface area contributed by atoms with E-state index in [0.29, 0.717) is 11.7 Å². The lowest BCUT2D eigenvalue weighted by Crippen LogP contribution is -2.10. The van der Waals surface area contributed by atoms with Crippen molar-refractivity contribution in [2.45, 2.75) is 31.3 Å². The average molecular weight is 227 g/mol. The van der Waals surface area contributed by atoms with Gasteiger partial charge in [0, 0.05) is 17.5 Å². The van der Waals surface area contributed by atoms with E-state index in [1.807, 2.05) is 0 Å². The Morgan fingerprint density at radius 3 is 3.07 bits per heavy atom. The summed E-state index contributed by atoms with van der Waals surface area (Å²) >= 11 is 1.55. The van der Waals surface area contributed by atoms with Gasteiger partial charge in [0.25, 0.3) is 5.56 Å². The molecule has 0 aliphatic heterocycles. The lowest BCUT2D eigenvalue weighted by atomic mass is 10.2. The van der Waals surface area contributed by atoms with Crippen molar-refractivity contribution < 1.29 is 0 Å². The summed E-state index contributed by atoms with van der Waals surface area (Å²) in [5.41, 5.74) is 6.20. The van der Waals surface area contributed by atoms with Gasteiger partial charge in [0.05, 0.1) is 0 Å². The summed E-state index contributed by atoms with van der Waals surface area (Å²) in [5, 5.41) is 0.708. The van der Waals surface area contributed by atoms with Gasteiger partial charge in [-0.05, 0) is 19.4 Å². The van der Waals surface area contributed by atoms with Crippen LogP contribution in [0.5, 0.6) is 0 Å². The Kier molecular flexibility index (Phi) is 5.42. The highest BCUT2D eigenvalue weighted by Gasteiger charge is 2.00. The predicted octanol–water partition coefficient (Wildman–Crippen LogP) is 1.16. The molecule has 5 heteroatoms. The first-order chi connectivity index (χ1) is 7.26. The van der Waals surface area contributed by atoms with Crippen molar-refractivity contribution in [3.05, 3.63) is 22.1 Å². The monoisotopic (exact) mass is 227 g/mol. The number of H-pyrrole nitrogens is 1. The molecule has 0 atom stereocenters. The fraction of sp³-hybridized carbons (Fsp3) is 0.600. The number of rotatable bonds is 6. The molecular weight excluding hydrogens is 210 g/mol. The van der Waals surface area contributed by atoms with Gasteiger partial charge in [-0.25, -0.2) is 4.98 Å². The minimum Gasteiger partial charge on any atom is -0.330 e. The lowest BCUT2D eigenvalue weighted by Gasteiger charge is -2.02. The van der Waals surface area contributed by atoms with E-state index in [1.54, 1.807) is 17.8 Å². The predicted molar refractivity (Wildman–Crippen MR) is 63.2 cm³/mol. The van der Waals surface area contributed by atoms with Crippen molar-refractivity contribution in [2.24, 2.45) is 5.73 Å². The molecular formula is C10H17N3OS. The summed E-state index contributed by atoms with van der Waals surface area (Å²) in [6.45, 7) is 2.75. The van der Waals surface area contributed by atoms with Crippen LogP contribution in [0.15, 0.2) is 16.0 Å². The zero-order chi connectivity index (χ0) is 11.1. The van der Waals surface area contributed by atoms with Crippen LogP contribution in [0.1, 0.15) is 25.5 Å². The van der Waals surface area contributed by atoms with E-state index in [2.05, 4.69) is 16.9 Å². The molecule has 0 spiro atoms. The third-order valence-corrected chi connectivity index (χ3v) is 2.83. The average Bonchev–Trinajstić information content (AvgIpc) is 2.18. The Labute approximate surface area is 93.7 Å². The SMILES string of the molecule is CCCc1cc(=O)[nH]c(SCCCN)n1. The van der Waals surface area contributed by atoms with Crippen molar-refractivity contribution in [1.82, 2.24) is 9.97 Å². The van der Waals surface area contributed by atoms with E-state index in [1.165, 1.54) is 0 Å². The van der Waals surface area contributed by atoms with Crippen LogP contribution in [0.2, 0.25) is 0 Å². The Bertz CT molecular complexity index is 351. The minimum absolute atomic E-state index is 0.0660. The third kappa shape index (κ3) is 4.48. The smallest absolute Gasteiger partial charge is 0.251 e. The van der Waals surface area contributed by atoms with Crippen LogP contribution >= 0.6 is 11.8 Å². The zero-order valence-electron chi connectivity index (χ0n) is 8.95. The van der Waals surface area contributed by atoms with Crippen molar-refractivity contribution in [2.75, 3.05) is 12.3 Å². The maximum atomic E-state index is 11.3. The van der Waals surface area contributed by atoms with Gasteiger partial charge >= 0.3 is 0 Å². The van der Waals surface area contributed by atoms with E-state index >= 15 is 0 Å². The zero-order valence-corrected chi connectivity index (χ0v) is 9.77. The van der Waals surface area contributed by atoms with Gasteiger partial charge in [0.2, 0.25) is 0 Å². The number of nitrogens with two attached hydrogens (primary N) is 1. The van der Waals surface area contributed by atoms with Gasteiger partial charge < -0.3 is 10.7 Å². The number of aromatic nitrogens is 2. The summed E-state index contributed by atoms with van der Waals surface area (Å²) in [7, 11) is 0. The summed E-state index contributed by atoms with van der Waals surface area (Å²) in [6.07, 6.45) is 2.80. The topological polar surface area (TPSA) is 71.8 Å². The maximum Gasteiger partial charge on any atom is 0.251 e.